The van der Waals surface area contributed by atoms with Crippen molar-refractivity contribution in [3.8, 4) is 5.88 Å². The van der Waals surface area contributed by atoms with Crippen molar-refractivity contribution in [3.05, 3.63) is 17.0 Å². The Labute approximate surface area is 165 Å². The van der Waals surface area contributed by atoms with E-state index in [1.165, 1.54) is 6.33 Å². The number of hydrogen-bond acceptors (Lipinski definition) is 6. The first-order valence-corrected chi connectivity index (χ1v) is 9.43. The van der Waals surface area contributed by atoms with Gasteiger partial charge < -0.3 is 20.1 Å². The topological polar surface area (TPSA) is 102 Å². The third kappa shape index (κ3) is 7.58. The fourth-order valence-electron chi connectivity index (χ4n) is 2.22. The maximum absolute atomic E-state index is 12.5. The average Bonchev–Trinajstić information content (AvgIpc) is 2.57. The molecule has 1 heterocycles. The number of amides is 2. The summed E-state index contributed by atoms with van der Waals surface area (Å²) in [4.78, 5) is 32.4. The van der Waals surface area contributed by atoms with Crippen LogP contribution in [0.3, 0.4) is 0 Å². The van der Waals surface area contributed by atoms with Crippen LogP contribution in [0.25, 0.3) is 0 Å². The van der Waals surface area contributed by atoms with E-state index in [1.807, 2.05) is 20.8 Å². The van der Waals surface area contributed by atoms with Gasteiger partial charge in [-0.25, -0.2) is 14.8 Å². The van der Waals surface area contributed by atoms with Gasteiger partial charge in [-0.3, -0.25) is 4.79 Å². The van der Waals surface area contributed by atoms with Gasteiger partial charge in [0, 0.05) is 0 Å². The molecule has 2 amide bonds. The minimum Gasteiger partial charge on any atom is -0.474 e. The van der Waals surface area contributed by atoms with Crippen LogP contribution in [0.1, 0.15) is 47.2 Å². The molecular formula is C18H29ClN4O4. The highest BCUT2D eigenvalue weighted by Crippen LogP contribution is 2.24. The number of rotatable bonds is 9. The third-order valence-corrected chi connectivity index (χ3v) is 3.97. The predicted octanol–water partition coefficient (Wildman–Crippen LogP) is 2.74. The maximum atomic E-state index is 12.5. The van der Waals surface area contributed by atoms with Gasteiger partial charge in [0.15, 0.2) is 0 Å². The summed E-state index contributed by atoms with van der Waals surface area (Å²) in [5.41, 5.74) is 0.700. The van der Waals surface area contributed by atoms with E-state index < -0.39 is 12.1 Å². The van der Waals surface area contributed by atoms with Crippen molar-refractivity contribution in [2.75, 3.05) is 6.61 Å². The molecule has 0 radical (unpaired) electrons. The molecule has 2 N–H and O–H groups in total. The lowest BCUT2D eigenvalue weighted by Crippen LogP contribution is -2.52. The molecule has 1 rings (SSSR count). The molecule has 0 bridgehead atoms. The van der Waals surface area contributed by atoms with Crippen LogP contribution < -0.4 is 15.4 Å². The van der Waals surface area contributed by atoms with Crippen LogP contribution in [-0.2, 0) is 16.0 Å². The fourth-order valence-corrected chi connectivity index (χ4v) is 2.51. The monoisotopic (exact) mass is 400 g/mol. The highest BCUT2D eigenvalue weighted by atomic mass is 35.5. The SMILES string of the molecule is CCc1ncnc(OCC(C)NC(=O)[C@@H](NC(=O)OC(C)C)C(C)C)c1Cl. The molecule has 0 fully saturated rings. The molecule has 0 aliphatic carbocycles. The van der Waals surface area contributed by atoms with Gasteiger partial charge in [0.05, 0.1) is 17.8 Å². The second kappa shape index (κ2) is 10.9. The Bertz CT molecular complexity index is 640. The summed E-state index contributed by atoms with van der Waals surface area (Å²) >= 11 is 6.19. The van der Waals surface area contributed by atoms with E-state index in [2.05, 4.69) is 20.6 Å². The number of nitrogens with zero attached hydrogens (tertiary/aromatic N) is 2. The first-order valence-electron chi connectivity index (χ1n) is 9.05. The van der Waals surface area contributed by atoms with Crippen molar-refractivity contribution in [2.45, 2.75) is 66.2 Å². The number of aryl methyl sites for hydroxylation is 1. The normalized spacial score (nSPS) is 13.2. The number of carbonyl (C=O) groups excluding carboxylic acids is 2. The van der Waals surface area contributed by atoms with Gasteiger partial charge in [-0.1, -0.05) is 32.4 Å². The second-order valence-corrected chi connectivity index (χ2v) is 7.21. The van der Waals surface area contributed by atoms with E-state index in [-0.39, 0.29) is 36.5 Å². The maximum Gasteiger partial charge on any atom is 0.408 e. The summed E-state index contributed by atoms with van der Waals surface area (Å²) in [6, 6.07) is -1.04. The average molecular weight is 401 g/mol. The molecule has 0 aromatic carbocycles. The highest BCUT2D eigenvalue weighted by molar-refractivity contribution is 6.32. The summed E-state index contributed by atoms with van der Waals surface area (Å²) in [5, 5.41) is 5.78. The summed E-state index contributed by atoms with van der Waals surface area (Å²) in [6.45, 7) is 11.1. The zero-order valence-corrected chi connectivity index (χ0v) is 17.5. The molecule has 0 saturated heterocycles. The summed E-state index contributed by atoms with van der Waals surface area (Å²) < 4.78 is 10.6. The summed E-state index contributed by atoms with van der Waals surface area (Å²) in [7, 11) is 0. The molecule has 1 unspecified atom stereocenters. The highest BCUT2D eigenvalue weighted by Gasteiger charge is 2.26. The van der Waals surface area contributed by atoms with E-state index in [4.69, 9.17) is 21.1 Å². The summed E-state index contributed by atoms with van der Waals surface area (Å²) in [6.07, 6.45) is 1.17. The Kier molecular flexibility index (Phi) is 9.28. The minimum absolute atomic E-state index is 0.110. The van der Waals surface area contributed by atoms with Gasteiger partial charge in [0.25, 0.3) is 0 Å². The Hall–Kier alpha value is -2.09. The third-order valence-electron chi connectivity index (χ3n) is 3.59. The van der Waals surface area contributed by atoms with E-state index >= 15 is 0 Å². The Balaban J connectivity index is 2.62. The van der Waals surface area contributed by atoms with Crippen molar-refractivity contribution in [1.29, 1.82) is 0 Å². The smallest absolute Gasteiger partial charge is 0.408 e. The lowest BCUT2D eigenvalue weighted by molar-refractivity contribution is -0.124. The number of carbonyl (C=O) groups is 2. The number of hydrogen-bond donors (Lipinski definition) is 2. The van der Waals surface area contributed by atoms with Gasteiger partial charge in [-0.2, -0.15) is 0 Å². The van der Waals surface area contributed by atoms with Gasteiger partial charge >= 0.3 is 6.09 Å². The Morgan fingerprint density at radius 2 is 1.81 bits per heavy atom. The van der Waals surface area contributed by atoms with Crippen molar-refractivity contribution in [3.63, 3.8) is 0 Å². The number of ether oxygens (including phenoxy) is 2. The molecule has 27 heavy (non-hydrogen) atoms. The lowest BCUT2D eigenvalue weighted by atomic mass is 10.0. The fraction of sp³-hybridized carbons (Fsp3) is 0.667. The molecule has 1 aromatic rings. The quantitative estimate of drug-likeness (QED) is 0.660. The first-order chi connectivity index (χ1) is 12.6. The van der Waals surface area contributed by atoms with Crippen molar-refractivity contribution in [1.82, 2.24) is 20.6 Å². The predicted molar refractivity (Wildman–Crippen MR) is 103 cm³/mol. The number of alkyl carbamates (subject to hydrolysis) is 1. The Morgan fingerprint density at radius 1 is 1.15 bits per heavy atom. The van der Waals surface area contributed by atoms with E-state index in [1.54, 1.807) is 20.8 Å². The van der Waals surface area contributed by atoms with Crippen LogP contribution in [0.4, 0.5) is 4.79 Å². The molecule has 9 heteroatoms. The van der Waals surface area contributed by atoms with Crippen molar-refractivity contribution in [2.24, 2.45) is 5.92 Å². The van der Waals surface area contributed by atoms with Gasteiger partial charge in [0.2, 0.25) is 11.8 Å². The van der Waals surface area contributed by atoms with Crippen molar-refractivity contribution < 1.29 is 19.1 Å². The zero-order chi connectivity index (χ0) is 20.6. The molecule has 8 nitrogen and oxygen atoms in total. The van der Waals surface area contributed by atoms with Gasteiger partial charge in [-0.05, 0) is 33.1 Å². The first kappa shape index (κ1) is 23.0. The zero-order valence-electron chi connectivity index (χ0n) is 16.7. The molecule has 1 aromatic heterocycles. The van der Waals surface area contributed by atoms with Crippen LogP contribution in [-0.4, -0.2) is 46.8 Å². The molecule has 0 saturated carbocycles. The Morgan fingerprint density at radius 3 is 2.37 bits per heavy atom. The minimum atomic E-state index is -0.715. The van der Waals surface area contributed by atoms with E-state index in [0.29, 0.717) is 17.1 Å². The van der Waals surface area contributed by atoms with Crippen molar-refractivity contribution >= 4 is 23.6 Å². The molecule has 0 aliphatic rings. The molecule has 0 spiro atoms. The number of nitrogens with one attached hydrogen (secondary N) is 2. The molecule has 152 valence electrons. The number of halogens is 1. The molecule has 2 atom stereocenters. The van der Waals surface area contributed by atoms with Crippen LogP contribution in [0.5, 0.6) is 5.88 Å². The van der Waals surface area contributed by atoms with Gasteiger partial charge in [-0.15, -0.1) is 0 Å². The van der Waals surface area contributed by atoms with E-state index in [0.717, 1.165) is 0 Å². The van der Waals surface area contributed by atoms with Crippen LogP contribution in [0.15, 0.2) is 6.33 Å². The lowest BCUT2D eigenvalue weighted by Gasteiger charge is -2.24. The van der Waals surface area contributed by atoms with Gasteiger partial charge in [0.1, 0.15) is 24.0 Å². The van der Waals surface area contributed by atoms with E-state index in [9.17, 15) is 9.59 Å². The standard InChI is InChI=1S/C18H29ClN4O4/c1-7-13-14(19)17(21-9-20-13)26-8-12(6)22-16(24)15(10(2)3)23-18(25)27-11(4)5/h9-12,15H,7-8H2,1-6H3,(H,22,24)(H,23,25)/t12?,15-/m0/s1. The van der Waals surface area contributed by atoms with Crippen LogP contribution in [0.2, 0.25) is 5.02 Å². The van der Waals surface area contributed by atoms with Crippen LogP contribution >= 0.6 is 11.6 Å². The molecule has 0 aliphatic heterocycles. The molecular weight excluding hydrogens is 372 g/mol. The number of aromatic nitrogens is 2. The van der Waals surface area contributed by atoms with Crippen LogP contribution in [0, 0.1) is 5.92 Å². The largest absolute Gasteiger partial charge is 0.474 e. The summed E-state index contributed by atoms with van der Waals surface area (Å²) in [5.74, 6) is -0.144. The second-order valence-electron chi connectivity index (χ2n) is 6.83.